The summed E-state index contributed by atoms with van der Waals surface area (Å²) in [6.07, 6.45) is 3.30. The van der Waals surface area contributed by atoms with Gasteiger partial charge in [0, 0.05) is 12.6 Å². The van der Waals surface area contributed by atoms with Gasteiger partial charge in [-0.25, -0.2) is 0 Å². The van der Waals surface area contributed by atoms with E-state index < -0.39 is 6.10 Å². The van der Waals surface area contributed by atoms with Crippen molar-refractivity contribution in [2.24, 2.45) is 0 Å². The van der Waals surface area contributed by atoms with Crippen LogP contribution in [0.15, 0.2) is 41.0 Å². The van der Waals surface area contributed by atoms with Gasteiger partial charge < -0.3 is 23.7 Å². The lowest BCUT2D eigenvalue weighted by Gasteiger charge is -2.28. The zero-order chi connectivity index (χ0) is 17.8. The Labute approximate surface area is 153 Å². The zero-order valence-corrected chi connectivity index (χ0v) is 14.8. The highest BCUT2D eigenvalue weighted by molar-refractivity contribution is 5.44. The molecule has 1 aromatic heterocycles. The van der Waals surface area contributed by atoms with Gasteiger partial charge in [0.25, 0.3) is 0 Å². The van der Waals surface area contributed by atoms with Crippen LogP contribution in [0.4, 0.5) is 0 Å². The van der Waals surface area contributed by atoms with Gasteiger partial charge in [-0.05, 0) is 49.2 Å². The molecule has 1 aromatic carbocycles. The van der Waals surface area contributed by atoms with E-state index >= 15 is 0 Å². The van der Waals surface area contributed by atoms with Crippen LogP contribution in [0.5, 0.6) is 11.5 Å². The number of furan rings is 1. The van der Waals surface area contributed by atoms with Crippen molar-refractivity contribution >= 4 is 0 Å². The largest absolute Gasteiger partial charge is 0.486 e. The second kappa shape index (κ2) is 8.12. The Balaban J connectivity index is 1.32. The average molecular weight is 359 g/mol. The summed E-state index contributed by atoms with van der Waals surface area (Å²) >= 11 is 0. The number of β-amino-alcohol motifs (C(OH)–C–C–N with tert-alkyl or cyclic N) is 1. The van der Waals surface area contributed by atoms with Crippen LogP contribution in [0.1, 0.15) is 30.2 Å². The van der Waals surface area contributed by atoms with E-state index in [1.54, 1.807) is 6.26 Å². The summed E-state index contributed by atoms with van der Waals surface area (Å²) in [5.41, 5.74) is 1.22. The maximum Gasteiger partial charge on any atom is 0.161 e. The smallest absolute Gasteiger partial charge is 0.161 e. The quantitative estimate of drug-likeness (QED) is 0.820. The Bertz CT molecular complexity index is 702. The molecule has 4 rings (SSSR count). The highest BCUT2D eigenvalue weighted by Crippen LogP contribution is 2.38. The van der Waals surface area contributed by atoms with Crippen LogP contribution < -0.4 is 9.47 Å². The first-order valence-electron chi connectivity index (χ1n) is 9.21. The number of ether oxygens (including phenoxy) is 3. The Kier molecular flexibility index (Phi) is 5.43. The number of fused-ring (bicyclic) bond motifs is 1. The molecule has 1 saturated heterocycles. The minimum absolute atomic E-state index is 0.297. The van der Waals surface area contributed by atoms with Gasteiger partial charge >= 0.3 is 0 Å². The molecule has 1 fully saturated rings. The Hall–Kier alpha value is -2.02. The molecule has 2 atom stereocenters. The SMILES string of the molecule is O[C@H](COCc1ccco1)CN1CCC[C@H]1c1ccc2c(c1)OCCO2. The molecule has 2 aliphatic heterocycles. The van der Waals surface area contributed by atoms with Crippen molar-refractivity contribution in [1.29, 1.82) is 0 Å². The first-order valence-corrected chi connectivity index (χ1v) is 9.21. The molecular formula is C20H25NO5. The first-order chi connectivity index (χ1) is 12.8. The lowest BCUT2D eigenvalue weighted by Crippen LogP contribution is -2.34. The van der Waals surface area contributed by atoms with E-state index in [2.05, 4.69) is 17.0 Å². The fourth-order valence-corrected chi connectivity index (χ4v) is 3.70. The van der Waals surface area contributed by atoms with Crippen LogP contribution in [-0.2, 0) is 11.3 Å². The average Bonchev–Trinajstić information content (AvgIpc) is 3.33. The third-order valence-corrected chi connectivity index (χ3v) is 4.89. The van der Waals surface area contributed by atoms with Gasteiger partial charge in [0.2, 0.25) is 0 Å². The lowest BCUT2D eigenvalue weighted by atomic mass is 10.0. The van der Waals surface area contributed by atoms with Crippen LogP contribution in [0.2, 0.25) is 0 Å². The number of nitrogens with zero attached hydrogens (tertiary/aromatic N) is 1. The normalized spacial score (nSPS) is 21.0. The van der Waals surface area contributed by atoms with E-state index in [1.165, 1.54) is 5.56 Å². The van der Waals surface area contributed by atoms with Crippen molar-refractivity contribution < 1.29 is 23.7 Å². The minimum atomic E-state index is -0.525. The zero-order valence-electron chi connectivity index (χ0n) is 14.8. The third-order valence-electron chi connectivity index (χ3n) is 4.89. The molecule has 1 N–H and O–H groups in total. The van der Waals surface area contributed by atoms with Crippen LogP contribution in [0.25, 0.3) is 0 Å². The molecular weight excluding hydrogens is 334 g/mol. The summed E-state index contributed by atoms with van der Waals surface area (Å²) in [6, 6.07) is 10.2. The van der Waals surface area contributed by atoms with Crippen molar-refractivity contribution in [2.75, 3.05) is 32.9 Å². The van der Waals surface area contributed by atoms with Gasteiger partial charge in [0.1, 0.15) is 25.6 Å². The number of hydrogen-bond acceptors (Lipinski definition) is 6. The van der Waals surface area contributed by atoms with Gasteiger partial charge in [0.05, 0.1) is 19.0 Å². The van der Waals surface area contributed by atoms with Crippen LogP contribution in [0, 0.1) is 0 Å². The molecule has 0 amide bonds. The van der Waals surface area contributed by atoms with E-state index in [1.807, 2.05) is 18.2 Å². The number of aliphatic hydroxyl groups is 1. The molecule has 6 heteroatoms. The van der Waals surface area contributed by atoms with Gasteiger partial charge in [-0.3, -0.25) is 4.90 Å². The van der Waals surface area contributed by atoms with Crippen LogP contribution >= 0.6 is 0 Å². The molecule has 3 heterocycles. The predicted molar refractivity (Wildman–Crippen MR) is 95.4 cm³/mol. The molecule has 140 valence electrons. The summed E-state index contributed by atoms with van der Waals surface area (Å²) in [6.45, 7) is 3.45. The van der Waals surface area contributed by atoms with Gasteiger partial charge in [0.15, 0.2) is 11.5 Å². The van der Waals surface area contributed by atoms with Gasteiger partial charge in [-0.1, -0.05) is 6.07 Å². The van der Waals surface area contributed by atoms with E-state index in [9.17, 15) is 5.11 Å². The van der Waals surface area contributed by atoms with E-state index in [0.29, 0.717) is 39.0 Å². The summed E-state index contributed by atoms with van der Waals surface area (Å²) in [5, 5.41) is 10.4. The first kappa shape index (κ1) is 17.4. The molecule has 6 nitrogen and oxygen atoms in total. The second-order valence-electron chi connectivity index (χ2n) is 6.80. The summed E-state index contributed by atoms with van der Waals surface area (Å²) in [4.78, 5) is 2.33. The van der Waals surface area contributed by atoms with Crippen molar-refractivity contribution in [3.8, 4) is 11.5 Å². The van der Waals surface area contributed by atoms with Crippen molar-refractivity contribution in [2.45, 2.75) is 31.6 Å². The van der Waals surface area contributed by atoms with Crippen LogP contribution in [-0.4, -0.2) is 49.0 Å². The molecule has 2 aliphatic rings. The third kappa shape index (κ3) is 4.03. The molecule has 0 aliphatic carbocycles. The number of aliphatic hydroxyl groups excluding tert-OH is 1. The second-order valence-corrected chi connectivity index (χ2v) is 6.80. The molecule has 0 unspecified atom stereocenters. The number of hydrogen-bond donors (Lipinski definition) is 1. The molecule has 26 heavy (non-hydrogen) atoms. The minimum Gasteiger partial charge on any atom is -0.486 e. The summed E-state index contributed by atoms with van der Waals surface area (Å²) in [7, 11) is 0. The van der Waals surface area contributed by atoms with Gasteiger partial charge in [-0.2, -0.15) is 0 Å². The van der Waals surface area contributed by atoms with E-state index in [4.69, 9.17) is 18.6 Å². The monoisotopic (exact) mass is 359 g/mol. The molecule has 0 radical (unpaired) electrons. The summed E-state index contributed by atoms with van der Waals surface area (Å²) in [5.74, 6) is 2.41. The van der Waals surface area contributed by atoms with E-state index in [0.717, 1.165) is 36.6 Å². The standard InChI is InChI=1S/C20H25NO5/c22-16(13-23-14-17-3-2-8-24-17)12-21-7-1-4-18(21)15-5-6-19-20(11-15)26-10-9-25-19/h2-3,5-6,8,11,16,18,22H,1,4,7,9-10,12-14H2/t16-,18-/m0/s1. The topological polar surface area (TPSA) is 64.3 Å². The fourth-order valence-electron chi connectivity index (χ4n) is 3.70. The molecule has 0 spiro atoms. The molecule has 0 saturated carbocycles. The van der Waals surface area contributed by atoms with Crippen molar-refractivity contribution in [3.63, 3.8) is 0 Å². The van der Waals surface area contributed by atoms with E-state index in [-0.39, 0.29) is 0 Å². The van der Waals surface area contributed by atoms with Crippen LogP contribution in [0.3, 0.4) is 0 Å². The molecule has 0 bridgehead atoms. The maximum atomic E-state index is 10.4. The number of benzene rings is 1. The van der Waals surface area contributed by atoms with Crippen molar-refractivity contribution in [1.82, 2.24) is 4.90 Å². The summed E-state index contributed by atoms with van der Waals surface area (Å²) < 4.78 is 22.1. The maximum absolute atomic E-state index is 10.4. The van der Waals surface area contributed by atoms with Crippen molar-refractivity contribution in [3.05, 3.63) is 47.9 Å². The Morgan fingerprint density at radius 3 is 2.92 bits per heavy atom. The Morgan fingerprint density at radius 2 is 2.08 bits per heavy atom. The van der Waals surface area contributed by atoms with Gasteiger partial charge in [-0.15, -0.1) is 0 Å². The number of likely N-dealkylation sites (tertiary alicyclic amines) is 1. The fraction of sp³-hybridized carbons (Fsp3) is 0.500. The lowest BCUT2D eigenvalue weighted by molar-refractivity contribution is 0.00306. The molecule has 2 aromatic rings. The highest BCUT2D eigenvalue weighted by atomic mass is 16.6. The highest BCUT2D eigenvalue weighted by Gasteiger charge is 2.28. The predicted octanol–water partition coefficient (Wildman–Crippen LogP) is 2.77. The number of rotatable bonds is 7. The Morgan fingerprint density at radius 1 is 1.19 bits per heavy atom.